The van der Waals surface area contributed by atoms with Crippen molar-refractivity contribution in [3.8, 4) is 17.6 Å². The molecular weight excluding hydrogens is 212 g/mol. The van der Waals surface area contributed by atoms with Gasteiger partial charge in [0.05, 0.1) is 11.6 Å². The van der Waals surface area contributed by atoms with Crippen LogP contribution in [0.5, 0.6) is 11.5 Å². The maximum atomic E-state index is 8.83. The van der Waals surface area contributed by atoms with E-state index in [4.69, 9.17) is 15.7 Å². The first kappa shape index (κ1) is 11.0. The Morgan fingerprint density at radius 2 is 1.88 bits per heavy atom. The van der Waals surface area contributed by atoms with Gasteiger partial charge in [0.2, 0.25) is 0 Å². The van der Waals surface area contributed by atoms with Crippen LogP contribution < -0.4 is 10.5 Å². The molecule has 0 atom stereocenters. The van der Waals surface area contributed by atoms with E-state index in [1.54, 1.807) is 24.3 Å². The van der Waals surface area contributed by atoms with Crippen LogP contribution in [0.4, 0.5) is 5.69 Å². The minimum atomic E-state index is 0.657. The van der Waals surface area contributed by atoms with Crippen LogP contribution in [0.3, 0.4) is 0 Å². The monoisotopic (exact) mass is 224 g/mol. The molecule has 0 saturated carbocycles. The maximum absolute atomic E-state index is 8.83. The summed E-state index contributed by atoms with van der Waals surface area (Å²) in [5, 5.41) is 8.83. The van der Waals surface area contributed by atoms with Crippen LogP contribution in [-0.4, -0.2) is 0 Å². The van der Waals surface area contributed by atoms with Gasteiger partial charge in [0, 0.05) is 11.8 Å². The fourth-order valence-electron chi connectivity index (χ4n) is 1.54. The van der Waals surface area contributed by atoms with E-state index in [-0.39, 0.29) is 0 Å². The molecule has 0 heterocycles. The van der Waals surface area contributed by atoms with Gasteiger partial charge in [-0.2, -0.15) is 5.26 Å². The summed E-state index contributed by atoms with van der Waals surface area (Å²) in [6, 6.07) is 14.7. The number of nitriles is 1. The Morgan fingerprint density at radius 3 is 2.53 bits per heavy atom. The molecule has 2 rings (SSSR count). The van der Waals surface area contributed by atoms with Crippen LogP contribution in [-0.2, 0) is 0 Å². The third-order valence-electron chi connectivity index (χ3n) is 2.41. The summed E-state index contributed by atoms with van der Waals surface area (Å²) in [4.78, 5) is 0. The molecule has 0 aromatic heterocycles. The first-order chi connectivity index (χ1) is 8.19. The van der Waals surface area contributed by atoms with Gasteiger partial charge in [-0.1, -0.05) is 6.07 Å². The van der Waals surface area contributed by atoms with Gasteiger partial charge in [0.15, 0.2) is 0 Å². The lowest BCUT2D eigenvalue weighted by Gasteiger charge is -2.07. The largest absolute Gasteiger partial charge is 0.457 e. The van der Waals surface area contributed by atoms with Crippen LogP contribution in [0.15, 0.2) is 42.5 Å². The zero-order chi connectivity index (χ0) is 12.3. The van der Waals surface area contributed by atoms with E-state index in [2.05, 4.69) is 6.07 Å². The van der Waals surface area contributed by atoms with E-state index in [9.17, 15) is 0 Å². The first-order valence-electron chi connectivity index (χ1n) is 5.23. The topological polar surface area (TPSA) is 59.0 Å². The zero-order valence-corrected chi connectivity index (χ0v) is 9.47. The van der Waals surface area contributed by atoms with Crippen LogP contribution in [0, 0.1) is 18.3 Å². The number of anilines is 1. The molecule has 3 heteroatoms. The molecule has 3 nitrogen and oxygen atoms in total. The molecule has 0 radical (unpaired) electrons. The summed E-state index contributed by atoms with van der Waals surface area (Å²) in [6.07, 6.45) is 0. The number of ether oxygens (including phenoxy) is 1. The van der Waals surface area contributed by atoms with Crippen LogP contribution in [0.25, 0.3) is 0 Å². The van der Waals surface area contributed by atoms with Crippen molar-refractivity contribution < 1.29 is 4.74 Å². The van der Waals surface area contributed by atoms with Crippen molar-refractivity contribution >= 4 is 5.69 Å². The Morgan fingerprint density at radius 1 is 1.12 bits per heavy atom. The van der Waals surface area contributed by atoms with E-state index in [0.29, 0.717) is 22.7 Å². The lowest BCUT2D eigenvalue weighted by atomic mass is 10.1. The number of nitrogens with zero attached hydrogens (tertiary/aromatic N) is 1. The number of nitrogens with two attached hydrogens (primary N) is 1. The lowest BCUT2D eigenvalue weighted by molar-refractivity contribution is 0.482. The van der Waals surface area contributed by atoms with Gasteiger partial charge in [-0.3, -0.25) is 0 Å². The fraction of sp³-hybridized carbons (Fsp3) is 0.0714. The molecule has 0 bridgehead atoms. The van der Waals surface area contributed by atoms with E-state index in [0.717, 1.165) is 5.56 Å². The number of aryl methyl sites for hydroxylation is 1. The Bertz CT molecular complexity index is 585. The standard InChI is InChI=1S/C14H12N2O/c1-10-7-14(6-5-11(10)9-15)17-13-4-2-3-12(16)8-13/h2-8H,16H2,1H3. The Labute approximate surface area is 100 Å². The summed E-state index contributed by atoms with van der Waals surface area (Å²) < 4.78 is 5.65. The Kier molecular flexibility index (Phi) is 2.97. The van der Waals surface area contributed by atoms with Gasteiger partial charge >= 0.3 is 0 Å². The predicted octanol–water partition coefficient (Wildman–Crippen LogP) is 3.24. The van der Waals surface area contributed by atoms with Crippen LogP contribution >= 0.6 is 0 Å². The molecule has 0 fully saturated rings. The highest BCUT2D eigenvalue weighted by Gasteiger charge is 2.01. The average molecular weight is 224 g/mol. The highest BCUT2D eigenvalue weighted by Crippen LogP contribution is 2.24. The van der Waals surface area contributed by atoms with Gasteiger partial charge in [-0.05, 0) is 42.8 Å². The molecule has 17 heavy (non-hydrogen) atoms. The highest BCUT2D eigenvalue weighted by atomic mass is 16.5. The molecule has 0 aliphatic carbocycles. The summed E-state index contributed by atoms with van der Waals surface area (Å²) in [5.41, 5.74) is 7.88. The van der Waals surface area contributed by atoms with Crippen molar-refractivity contribution in [3.05, 3.63) is 53.6 Å². The minimum absolute atomic E-state index is 0.657. The van der Waals surface area contributed by atoms with Crippen molar-refractivity contribution in [2.75, 3.05) is 5.73 Å². The van der Waals surface area contributed by atoms with Crippen molar-refractivity contribution in [2.45, 2.75) is 6.92 Å². The van der Waals surface area contributed by atoms with E-state index < -0.39 is 0 Å². The average Bonchev–Trinajstić information content (AvgIpc) is 2.29. The van der Waals surface area contributed by atoms with E-state index in [1.807, 2.05) is 25.1 Å². The van der Waals surface area contributed by atoms with Crippen molar-refractivity contribution in [2.24, 2.45) is 0 Å². The normalized spacial score (nSPS) is 9.65. The Balaban J connectivity index is 2.25. The number of hydrogen-bond acceptors (Lipinski definition) is 3. The molecule has 0 aliphatic heterocycles. The molecule has 0 aliphatic rings. The van der Waals surface area contributed by atoms with Crippen molar-refractivity contribution in [1.82, 2.24) is 0 Å². The second-order valence-electron chi connectivity index (χ2n) is 3.76. The van der Waals surface area contributed by atoms with Crippen LogP contribution in [0.2, 0.25) is 0 Å². The summed E-state index contributed by atoms with van der Waals surface area (Å²) >= 11 is 0. The number of nitrogen functional groups attached to an aromatic ring is 1. The van der Waals surface area contributed by atoms with Gasteiger partial charge in [-0.15, -0.1) is 0 Å². The smallest absolute Gasteiger partial charge is 0.129 e. The summed E-state index contributed by atoms with van der Waals surface area (Å²) in [5.74, 6) is 1.39. The molecule has 0 saturated heterocycles. The summed E-state index contributed by atoms with van der Waals surface area (Å²) in [7, 11) is 0. The molecule has 2 N–H and O–H groups in total. The molecule has 2 aromatic rings. The molecular formula is C14H12N2O. The predicted molar refractivity (Wildman–Crippen MR) is 66.8 cm³/mol. The maximum Gasteiger partial charge on any atom is 0.129 e. The zero-order valence-electron chi connectivity index (χ0n) is 9.47. The molecule has 0 spiro atoms. The fourth-order valence-corrected chi connectivity index (χ4v) is 1.54. The lowest BCUT2D eigenvalue weighted by Crippen LogP contribution is -1.89. The number of benzene rings is 2. The second kappa shape index (κ2) is 4.58. The van der Waals surface area contributed by atoms with E-state index >= 15 is 0 Å². The third kappa shape index (κ3) is 2.56. The summed E-state index contributed by atoms with van der Waals surface area (Å²) in [6.45, 7) is 1.88. The second-order valence-corrected chi connectivity index (χ2v) is 3.76. The van der Waals surface area contributed by atoms with E-state index in [1.165, 1.54) is 0 Å². The number of rotatable bonds is 2. The van der Waals surface area contributed by atoms with Crippen molar-refractivity contribution in [1.29, 1.82) is 5.26 Å². The molecule has 84 valence electrons. The van der Waals surface area contributed by atoms with Gasteiger partial charge in [0.25, 0.3) is 0 Å². The Hall–Kier alpha value is -2.47. The van der Waals surface area contributed by atoms with Gasteiger partial charge in [0.1, 0.15) is 11.5 Å². The SMILES string of the molecule is Cc1cc(Oc2cccc(N)c2)ccc1C#N. The number of hydrogen-bond donors (Lipinski definition) is 1. The highest BCUT2D eigenvalue weighted by molar-refractivity contribution is 5.47. The quantitative estimate of drug-likeness (QED) is 0.796. The molecule has 2 aromatic carbocycles. The third-order valence-corrected chi connectivity index (χ3v) is 2.41. The molecule has 0 unspecified atom stereocenters. The van der Waals surface area contributed by atoms with Gasteiger partial charge < -0.3 is 10.5 Å². The first-order valence-corrected chi connectivity index (χ1v) is 5.23. The van der Waals surface area contributed by atoms with Crippen LogP contribution in [0.1, 0.15) is 11.1 Å². The minimum Gasteiger partial charge on any atom is -0.457 e. The van der Waals surface area contributed by atoms with Crippen molar-refractivity contribution in [3.63, 3.8) is 0 Å². The molecule has 0 amide bonds. The van der Waals surface area contributed by atoms with Gasteiger partial charge in [-0.25, -0.2) is 0 Å².